The molecule has 0 bridgehead atoms. The summed E-state index contributed by atoms with van der Waals surface area (Å²) in [5, 5.41) is 15.6. The third-order valence-corrected chi connectivity index (χ3v) is 6.80. The van der Waals surface area contributed by atoms with Crippen LogP contribution in [0.2, 0.25) is 0 Å². The van der Waals surface area contributed by atoms with Gasteiger partial charge in [-0.3, -0.25) is 9.59 Å². The lowest BCUT2D eigenvalue weighted by atomic mass is 9.85. The number of rotatable bonds is 7. The molecule has 1 aromatic carbocycles. The van der Waals surface area contributed by atoms with Gasteiger partial charge in [0.2, 0.25) is 12.3 Å². The standard InChI is InChI=1S/C13H26N2O2.C13H14N2OS/c1-9(2)14-11(13(3,4)5)12(17)15-7-6-10(16)8-15;1-9(14-7-16)11-3-5-12(6-4-11)13-10(2)15-8-17-13/h9-11,14,16H,6-8H2,1-5H3;3-9H,1-2H3,(H,14,16). The Labute approximate surface area is 208 Å². The maximum atomic E-state index is 12.4. The average molecular weight is 489 g/mol. The van der Waals surface area contributed by atoms with Gasteiger partial charge in [-0.05, 0) is 36.8 Å². The van der Waals surface area contributed by atoms with Crippen molar-refractivity contribution in [3.63, 3.8) is 0 Å². The zero-order valence-electron chi connectivity index (χ0n) is 21.5. The molecular formula is C26H40N4O3S. The van der Waals surface area contributed by atoms with E-state index >= 15 is 0 Å². The minimum absolute atomic E-state index is 0.0455. The van der Waals surface area contributed by atoms with Crippen LogP contribution >= 0.6 is 11.3 Å². The topological polar surface area (TPSA) is 94.6 Å². The first-order valence-electron chi connectivity index (χ1n) is 11.9. The fourth-order valence-electron chi connectivity index (χ4n) is 3.85. The van der Waals surface area contributed by atoms with E-state index in [4.69, 9.17) is 0 Å². The Bertz CT molecular complexity index is 921. The number of aliphatic hydroxyl groups excluding tert-OH is 1. The Morgan fingerprint density at radius 2 is 1.88 bits per heavy atom. The molecule has 7 nitrogen and oxygen atoms in total. The van der Waals surface area contributed by atoms with E-state index in [0.29, 0.717) is 19.5 Å². The smallest absolute Gasteiger partial charge is 0.240 e. The zero-order valence-corrected chi connectivity index (χ0v) is 22.3. The Kier molecular flexibility index (Phi) is 10.2. The molecule has 3 rings (SSSR count). The van der Waals surface area contributed by atoms with Crippen LogP contribution in [0.25, 0.3) is 10.4 Å². The largest absolute Gasteiger partial charge is 0.391 e. The van der Waals surface area contributed by atoms with Crippen molar-refractivity contribution in [2.45, 2.75) is 79.1 Å². The number of carbonyl (C=O) groups is 2. The number of carbonyl (C=O) groups excluding carboxylic acids is 2. The van der Waals surface area contributed by atoms with E-state index in [9.17, 15) is 14.7 Å². The minimum Gasteiger partial charge on any atom is -0.391 e. The van der Waals surface area contributed by atoms with Gasteiger partial charge < -0.3 is 20.6 Å². The summed E-state index contributed by atoms with van der Waals surface area (Å²) >= 11 is 1.64. The molecule has 0 spiro atoms. The van der Waals surface area contributed by atoms with Gasteiger partial charge >= 0.3 is 0 Å². The number of likely N-dealkylation sites (tertiary alicyclic amines) is 1. The number of benzene rings is 1. The SMILES string of the molecule is CC(C)NC(C(=O)N1CCC(O)C1)C(C)(C)C.Cc1ncsc1-c1ccc(C(C)NC=O)cc1. The summed E-state index contributed by atoms with van der Waals surface area (Å²) in [7, 11) is 0. The Balaban J connectivity index is 0.000000240. The van der Waals surface area contributed by atoms with Crippen LogP contribution in [0.3, 0.4) is 0 Å². The van der Waals surface area contributed by atoms with E-state index in [-0.39, 0.29) is 35.6 Å². The van der Waals surface area contributed by atoms with Crippen molar-refractivity contribution in [2.24, 2.45) is 5.41 Å². The summed E-state index contributed by atoms with van der Waals surface area (Å²) in [6.07, 6.45) is 1.08. The molecule has 2 heterocycles. The van der Waals surface area contributed by atoms with E-state index in [2.05, 4.69) is 48.5 Å². The van der Waals surface area contributed by atoms with Crippen LogP contribution in [0.4, 0.5) is 0 Å². The summed E-state index contributed by atoms with van der Waals surface area (Å²) in [5.41, 5.74) is 5.07. The highest BCUT2D eigenvalue weighted by atomic mass is 32.1. The van der Waals surface area contributed by atoms with Crippen molar-refractivity contribution in [2.75, 3.05) is 13.1 Å². The van der Waals surface area contributed by atoms with E-state index in [0.717, 1.165) is 17.7 Å². The number of aliphatic hydroxyl groups is 1. The molecule has 2 amide bonds. The molecule has 1 saturated heterocycles. The van der Waals surface area contributed by atoms with Gasteiger partial charge in [0.05, 0.1) is 34.3 Å². The number of β-amino-alcohol motifs (C(OH)–C–C–N with tert-alkyl or cyclic N) is 1. The summed E-state index contributed by atoms with van der Waals surface area (Å²) in [6, 6.07) is 8.34. The maximum absolute atomic E-state index is 12.4. The molecule has 2 aromatic rings. The monoisotopic (exact) mass is 488 g/mol. The number of hydrogen-bond donors (Lipinski definition) is 3. The van der Waals surface area contributed by atoms with Gasteiger partial charge in [0, 0.05) is 19.1 Å². The van der Waals surface area contributed by atoms with Gasteiger partial charge in [-0.25, -0.2) is 4.98 Å². The first kappa shape index (κ1) is 28.0. The highest BCUT2D eigenvalue weighted by Gasteiger charge is 2.36. The highest BCUT2D eigenvalue weighted by molar-refractivity contribution is 7.13. The van der Waals surface area contributed by atoms with E-state index in [1.165, 1.54) is 10.4 Å². The maximum Gasteiger partial charge on any atom is 0.240 e. The van der Waals surface area contributed by atoms with Crippen molar-refractivity contribution in [1.29, 1.82) is 0 Å². The highest BCUT2D eigenvalue weighted by Crippen LogP contribution is 2.28. The zero-order chi connectivity index (χ0) is 25.5. The number of nitrogens with zero attached hydrogens (tertiary/aromatic N) is 2. The number of amides is 2. The molecule has 1 fully saturated rings. The van der Waals surface area contributed by atoms with Gasteiger partial charge in [0.1, 0.15) is 0 Å². The van der Waals surface area contributed by atoms with Crippen molar-refractivity contribution >= 4 is 23.7 Å². The Morgan fingerprint density at radius 1 is 1.24 bits per heavy atom. The second kappa shape index (κ2) is 12.4. The number of hydrogen-bond acceptors (Lipinski definition) is 6. The third-order valence-electron chi connectivity index (χ3n) is 5.82. The molecule has 3 atom stereocenters. The molecule has 3 unspecified atom stereocenters. The van der Waals surface area contributed by atoms with Gasteiger partial charge in [-0.2, -0.15) is 0 Å². The molecule has 0 saturated carbocycles. The Hall–Kier alpha value is -2.29. The second-order valence-electron chi connectivity index (χ2n) is 10.2. The quantitative estimate of drug-likeness (QED) is 0.514. The van der Waals surface area contributed by atoms with Crippen LogP contribution in [-0.2, 0) is 9.59 Å². The molecule has 3 N–H and O–H groups in total. The number of thiazole rings is 1. The lowest BCUT2D eigenvalue weighted by molar-refractivity contribution is -0.135. The van der Waals surface area contributed by atoms with Crippen LogP contribution < -0.4 is 10.6 Å². The normalized spacial score (nSPS) is 17.7. The predicted molar refractivity (Wildman–Crippen MR) is 139 cm³/mol. The van der Waals surface area contributed by atoms with Gasteiger partial charge in [-0.15, -0.1) is 11.3 Å². The summed E-state index contributed by atoms with van der Waals surface area (Å²) < 4.78 is 0. The van der Waals surface area contributed by atoms with E-state index < -0.39 is 0 Å². The molecule has 34 heavy (non-hydrogen) atoms. The van der Waals surface area contributed by atoms with Crippen molar-refractivity contribution in [3.05, 3.63) is 41.0 Å². The first-order chi connectivity index (χ1) is 15.9. The predicted octanol–water partition coefficient (Wildman–Crippen LogP) is 3.92. The van der Waals surface area contributed by atoms with E-state index in [1.807, 2.05) is 45.3 Å². The molecule has 1 aromatic heterocycles. The van der Waals surface area contributed by atoms with Crippen LogP contribution in [0.1, 0.15) is 65.3 Å². The van der Waals surface area contributed by atoms with Crippen LogP contribution in [0.5, 0.6) is 0 Å². The molecule has 188 valence electrons. The van der Waals surface area contributed by atoms with Crippen LogP contribution in [0, 0.1) is 12.3 Å². The number of nitrogens with one attached hydrogen (secondary N) is 2. The summed E-state index contributed by atoms with van der Waals surface area (Å²) in [6.45, 7) is 15.4. The van der Waals surface area contributed by atoms with Crippen molar-refractivity contribution in [1.82, 2.24) is 20.5 Å². The van der Waals surface area contributed by atoms with Crippen LogP contribution in [-0.4, -0.2) is 58.6 Å². The number of aryl methyl sites for hydroxylation is 1. The van der Waals surface area contributed by atoms with Crippen LogP contribution in [0.15, 0.2) is 29.8 Å². The number of aromatic nitrogens is 1. The lowest BCUT2D eigenvalue weighted by Gasteiger charge is -2.34. The molecule has 1 aliphatic rings. The lowest BCUT2D eigenvalue weighted by Crippen LogP contribution is -2.54. The fraction of sp³-hybridized carbons (Fsp3) is 0.577. The molecule has 8 heteroatoms. The molecule has 0 aliphatic carbocycles. The Morgan fingerprint density at radius 3 is 2.32 bits per heavy atom. The minimum atomic E-state index is -0.349. The molecule has 1 aliphatic heterocycles. The first-order valence-corrected chi connectivity index (χ1v) is 12.7. The molecule has 0 radical (unpaired) electrons. The summed E-state index contributed by atoms with van der Waals surface area (Å²) in [4.78, 5) is 30.0. The van der Waals surface area contributed by atoms with Gasteiger partial charge in [-0.1, -0.05) is 58.9 Å². The van der Waals surface area contributed by atoms with E-state index in [1.54, 1.807) is 16.2 Å². The second-order valence-corrected chi connectivity index (χ2v) is 11.1. The summed E-state index contributed by atoms with van der Waals surface area (Å²) in [5.74, 6) is 0.114. The van der Waals surface area contributed by atoms with Gasteiger partial charge in [0.25, 0.3) is 0 Å². The third kappa shape index (κ3) is 7.89. The van der Waals surface area contributed by atoms with Crippen molar-refractivity contribution < 1.29 is 14.7 Å². The fourth-order valence-corrected chi connectivity index (χ4v) is 4.66. The van der Waals surface area contributed by atoms with Crippen molar-refractivity contribution in [3.8, 4) is 10.4 Å². The van der Waals surface area contributed by atoms with Gasteiger partial charge in [0.15, 0.2) is 0 Å². The average Bonchev–Trinajstić information content (AvgIpc) is 3.39. The molecular weight excluding hydrogens is 448 g/mol.